The van der Waals surface area contributed by atoms with E-state index in [9.17, 15) is 0 Å². The Kier molecular flexibility index (Phi) is 3.21. The van der Waals surface area contributed by atoms with E-state index in [1.165, 1.54) is 11.3 Å². The van der Waals surface area contributed by atoms with Crippen molar-refractivity contribution < 1.29 is 4.63 Å². The summed E-state index contributed by atoms with van der Waals surface area (Å²) < 4.78 is 4.77. The number of hydrogen-bond acceptors (Lipinski definition) is 5. The maximum absolute atomic E-state index is 5.72. The lowest BCUT2D eigenvalue weighted by Crippen LogP contribution is -2.22. The van der Waals surface area contributed by atoms with Crippen molar-refractivity contribution in [2.45, 2.75) is 25.8 Å². The number of nitrogens with two attached hydrogens (primary N) is 1. The number of hydrogen-bond donors (Lipinski definition) is 1. The number of benzene rings is 1. The first-order valence-electron chi connectivity index (χ1n) is 6.61. The third-order valence-corrected chi connectivity index (χ3v) is 3.76. The molecule has 0 bridgehead atoms. The fraction of sp³-hybridized carbons (Fsp3) is 0.429. The highest BCUT2D eigenvalue weighted by molar-refractivity contribution is 5.60. The Bertz CT molecular complexity index is 566. The molecule has 0 radical (unpaired) electrons. The highest BCUT2D eigenvalue weighted by Crippen LogP contribution is 2.38. The molecule has 1 aliphatic rings. The van der Waals surface area contributed by atoms with Gasteiger partial charge in [0.2, 0.25) is 0 Å². The summed E-state index contributed by atoms with van der Waals surface area (Å²) >= 11 is 0. The van der Waals surface area contributed by atoms with Crippen LogP contribution in [0.15, 0.2) is 28.9 Å². The monoisotopic (exact) mass is 258 g/mol. The highest BCUT2D eigenvalue weighted by atomic mass is 16.6. The Balaban J connectivity index is 1.86. The second kappa shape index (κ2) is 5.01. The van der Waals surface area contributed by atoms with Crippen molar-refractivity contribution in [2.24, 2.45) is 5.73 Å². The molecule has 1 unspecified atom stereocenters. The van der Waals surface area contributed by atoms with Gasteiger partial charge in [-0.15, -0.1) is 0 Å². The molecule has 3 rings (SSSR count). The van der Waals surface area contributed by atoms with Gasteiger partial charge in [-0.05, 0) is 31.5 Å². The van der Waals surface area contributed by atoms with Crippen molar-refractivity contribution >= 4 is 5.69 Å². The molecule has 0 saturated carbocycles. The van der Waals surface area contributed by atoms with Crippen LogP contribution in [0.3, 0.4) is 0 Å². The third kappa shape index (κ3) is 2.21. The van der Waals surface area contributed by atoms with E-state index in [1.54, 1.807) is 0 Å². The molecular weight excluding hydrogens is 240 g/mol. The minimum atomic E-state index is 0.515. The summed E-state index contributed by atoms with van der Waals surface area (Å²) in [5.74, 6) is 0.515. The molecule has 1 aromatic heterocycles. The predicted octanol–water partition coefficient (Wildman–Crippen LogP) is 1.83. The fourth-order valence-corrected chi connectivity index (χ4v) is 2.75. The van der Waals surface area contributed by atoms with E-state index in [-0.39, 0.29) is 0 Å². The molecule has 1 aliphatic heterocycles. The molecule has 0 aliphatic carbocycles. The first kappa shape index (κ1) is 12.2. The number of nitrogens with zero attached hydrogens (tertiary/aromatic N) is 3. The van der Waals surface area contributed by atoms with Crippen LogP contribution in [0.5, 0.6) is 0 Å². The van der Waals surface area contributed by atoms with E-state index in [1.807, 2.05) is 6.92 Å². The Labute approximate surface area is 112 Å². The van der Waals surface area contributed by atoms with Crippen molar-refractivity contribution in [3.63, 3.8) is 0 Å². The van der Waals surface area contributed by atoms with Gasteiger partial charge in [0.15, 0.2) is 0 Å². The van der Waals surface area contributed by atoms with E-state index in [2.05, 4.69) is 39.5 Å². The molecule has 1 atom stereocenters. The second-order valence-electron chi connectivity index (χ2n) is 5.01. The molecule has 2 heterocycles. The van der Waals surface area contributed by atoms with Crippen LogP contribution >= 0.6 is 0 Å². The number of fused-ring (bicyclic) bond motifs is 1. The summed E-state index contributed by atoms with van der Waals surface area (Å²) in [5.41, 5.74) is 10.2. The number of anilines is 1. The van der Waals surface area contributed by atoms with Gasteiger partial charge in [0, 0.05) is 18.2 Å². The Morgan fingerprint density at radius 2 is 2.21 bits per heavy atom. The molecule has 5 heteroatoms. The van der Waals surface area contributed by atoms with Gasteiger partial charge in [-0.25, -0.2) is 4.63 Å². The van der Waals surface area contributed by atoms with E-state index >= 15 is 0 Å². The lowest BCUT2D eigenvalue weighted by atomic mass is 9.98. The zero-order valence-electron chi connectivity index (χ0n) is 11.0. The molecule has 0 saturated heterocycles. The summed E-state index contributed by atoms with van der Waals surface area (Å²) in [7, 11) is 0. The van der Waals surface area contributed by atoms with Crippen LogP contribution < -0.4 is 10.6 Å². The minimum Gasteiger partial charge on any atom is -0.365 e. The van der Waals surface area contributed by atoms with Crippen molar-refractivity contribution in [2.75, 3.05) is 18.0 Å². The minimum absolute atomic E-state index is 0.515. The average molecular weight is 258 g/mol. The topological polar surface area (TPSA) is 68.2 Å². The second-order valence-corrected chi connectivity index (χ2v) is 5.01. The predicted molar refractivity (Wildman–Crippen MR) is 72.9 cm³/mol. The summed E-state index contributed by atoms with van der Waals surface area (Å²) in [6.45, 7) is 4.37. The maximum atomic E-state index is 5.72. The molecule has 0 amide bonds. The number of rotatable bonds is 4. The molecule has 2 N–H and O–H groups in total. The van der Waals surface area contributed by atoms with Gasteiger partial charge in [0.1, 0.15) is 11.4 Å². The van der Waals surface area contributed by atoms with Crippen LogP contribution in [0.25, 0.3) is 0 Å². The SMILES string of the molecule is Cc1nonc1CN1CC(CCN)c2ccccc21. The molecule has 0 fully saturated rings. The fourth-order valence-electron chi connectivity index (χ4n) is 2.75. The van der Waals surface area contributed by atoms with Gasteiger partial charge in [0.25, 0.3) is 0 Å². The first-order chi connectivity index (χ1) is 9.29. The Morgan fingerprint density at radius 1 is 1.37 bits per heavy atom. The van der Waals surface area contributed by atoms with Crippen LogP contribution in [0.1, 0.15) is 29.3 Å². The third-order valence-electron chi connectivity index (χ3n) is 3.76. The number of para-hydroxylation sites is 1. The van der Waals surface area contributed by atoms with Crippen molar-refractivity contribution in [1.29, 1.82) is 0 Å². The van der Waals surface area contributed by atoms with Gasteiger partial charge < -0.3 is 10.6 Å². The Morgan fingerprint density at radius 3 is 2.95 bits per heavy atom. The van der Waals surface area contributed by atoms with Crippen molar-refractivity contribution in [1.82, 2.24) is 10.3 Å². The number of aromatic nitrogens is 2. The van der Waals surface area contributed by atoms with Gasteiger partial charge in [-0.2, -0.15) is 0 Å². The number of aryl methyl sites for hydroxylation is 1. The van der Waals surface area contributed by atoms with Gasteiger partial charge >= 0.3 is 0 Å². The molecule has 5 nitrogen and oxygen atoms in total. The van der Waals surface area contributed by atoms with Crippen LogP contribution in [-0.2, 0) is 6.54 Å². The zero-order valence-corrected chi connectivity index (χ0v) is 11.0. The lowest BCUT2D eigenvalue weighted by Gasteiger charge is -2.18. The standard InChI is InChI=1S/C14H18N4O/c1-10-13(17-19-16-10)9-18-8-11(6-7-15)12-4-2-3-5-14(12)18/h2-5,11H,6-9,15H2,1H3. The van der Waals surface area contributed by atoms with Gasteiger partial charge in [-0.1, -0.05) is 28.5 Å². The molecule has 2 aromatic rings. The van der Waals surface area contributed by atoms with Crippen LogP contribution in [0, 0.1) is 6.92 Å². The summed E-state index contributed by atoms with van der Waals surface area (Å²) in [6, 6.07) is 8.53. The molecule has 1 aromatic carbocycles. The molecule has 0 spiro atoms. The first-order valence-corrected chi connectivity index (χ1v) is 6.61. The highest BCUT2D eigenvalue weighted by Gasteiger charge is 2.28. The smallest absolute Gasteiger partial charge is 0.127 e. The Hall–Kier alpha value is -1.88. The average Bonchev–Trinajstić information content (AvgIpc) is 2.97. The van der Waals surface area contributed by atoms with Crippen molar-refractivity contribution in [3.05, 3.63) is 41.2 Å². The van der Waals surface area contributed by atoms with Crippen molar-refractivity contribution in [3.8, 4) is 0 Å². The van der Waals surface area contributed by atoms with Crippen LogP contribution in [0.2, 0.25) is 0 Å². The quantitative estimate of drug-likeness (QED) is 0.906. The summed E-state index contributed by atoms with van der Waals surface area (Å²) in [5, 5.41) is 7.81. The summed E-state index contributed by atoms with van der Waals surface area (Å²) in [6.07, 6.45) is 1.02. The van der Waals surface area contributed by atoms with Crippen LogP contribution in [0.4, 0.5) is 5.69 Å². The molecule has 100 valence electrons. The maximum Gasteiger partial charge on any atom is 0.127 e. The van der Waals surface area contributed by atoms with E-state index < -0.39 is 0 Å². The van der Waals surface area contributed by atoms with Crippen LogP contribution in [-0.4, -0.2) is 23.4 Å². The normalized spacial score (nSPS) is 17.8. The summed E-state index contributed by atoms with van der Waals surface area (Å²) in [4.78, 5) is 2.34. The van der Waals surface area contributed by atoms with E-state index in [4.69, 9.17) is 10.4 Å². The molecule has 19 heavy (non-hydrogen) atoms. The zero-order chi connectivity index (χ0) is 13.2. The van der Waals surface area contributed by atoms with E-state index in [0.717, 1.165) is 37.4 Å². The van der Waals surface area contributed by atoms with E-state index in [0.29, 0.717) is 5.92 Å². The molecular formula is C14H18N4O. The lowest BCUT2D eigenvalue weighted by molar-refractivity contribution is 0.301. The van der Waals surface area contributed by atoms with Gasteiger partial charge in [0.05, 0.1) is 6.54 Å². The van der Waals surface area contributed by atoms with Gasteiger partial charge in [-0.3, -0.25) is 0 Å². The largest absolute Gasteiger partial charge is 0.365 e.